The molecule has 1 N–H and O–H groups in total. The van der Waals surface area contributed by atoms with Crippen LogP contribution < -0.4 is 10.1 Å². The smallest absolute Gasteiger partial charge is 0.215 e. The van der Waals surface area contributed by atoms with Crippen LogP contribution in [0.5, 0.6) is 5.88 Å². The molecule has 2 rings (SSSR count). The first-order valence-electron chi connectivity index (χ1n) is 5.77. The van der Waals surface area contributed by atoms with Gasteiger partial charge in [-0.25, -0.2) is 4.98 Å². The fourth-order valence-corrected chi connectivity index (χ4v) is 1.90. The van der Waals surface area contributed by atoms with E-state index < -0.39 is 0 Å². The van der Waals surface area contributed by atoms with Crippen molar-refractivity contribution in [2.45, 2.75) is 18.9 Å². The summed E-state index contributed by atoms with van der Waals surface area (Å²) < 4.78 is 5.87. The predicted molar refractivity (Wildman–Crippen MR) is 64.9 cm³/mol. The van der Waals surface area contributed by atoms with E-state index in [0.717, 1.165) is 37.5 Å². The average Bonchev–Trinajstić information content (AvgIpc) is 2.32. The van der Waals surface area contributed by atoms with Gasteiger partial charge in [-0.15, -0.1) is 0 Å². The largest absolute Gasteiger partial charge is 0.474 e. The molecular formula is C12H19N3O. The van der Waals surface area contributed by atoms with Crippen molar-refractivity contribution in [2.24, 2.45) is 0 Å². The van der Waals surface area contributed by atoms with E-state index in [1.165, 1.54) is 0 Å². The third-order valence-electron chi connectivity index (χ3n) is 2.98. The maximum atomic E-state index is 5.87. The first-order chi connectivity index (χ1) is 7.78. The molecule has 16 heavy (non-hydrogen) atoms. The fraction of sp³-hybridized carbons (Fsp3) is 0.583. The number of likely N-dealkylation sites (tertiary alicyclic amines) is 1. The Balaban J connectivity index is 1.93. The van der Waals surface area contributed by atoms with Crippen molar-refractivity contribution in [3.63, 3.8) is 0 Å². The second-order valence-corrected chi connectivity index (χ2v) is 4.25. The van der Waals surface area contributed by atoms with Crippen LogP contribution in [0.1, 0.15) is 12.8 Å². The zero-order valence-corrected chi connectivity index (χ0v) is 9.94. The highest BCUT2D eigenvalue weighted by atomic mass is 16.5. The molecule has 1 aromatic heterocycles. The third-order valence-corrected chi connectivity index (χ3v) is 2.98. The lowest BCUT2D eigenvalue weighted by molar-refractivity contribution is 0.110. The Bertz CT molecular complexity index is 335. The number of nitrogens with zero attached hydrogens (tertiary/aromatic N) is 2. The maximum Gasteiger partial charge on any atom is 0.215 e. The lowest BCUT2D eigenvalue weighted by atomic mass is 10.1. The molecule has 4 heteroatoms. The number of anilines is 1. The van der Waals surface area contributed by atoms with E-state index in [9.17, 15) is 0 Å². The molecule has 1 aliphatic rings. The van der Waals surface area contributed by atoms with Gasteiger partial charge < -0.3 is 15.0 Å². The summed E-state index contributed by atoms with van der Waals surface area (Å²) in [6.07, 6.45) is 4.26. The van der Waals surface area contributed by atoms with Gasteiger partial charge in [0.2, 0.25) is 5.88 Å². The summed E-state index contributed by atoms with van der Waals surface area (Å²) in [4.78, 5) is 6.56. The molecule has 0 unspecified atom stereocenters. The second kappa shape index (κ2) is 5.16. The topological polar surface area (TPSA) is 37.4 Å². The van der Waals surface area contributed by atoms with Crippen LogP contribution in [0.15, 0.2) is 18.3 Å². The van der Waals surface area contributed by atoms with E-state index in [2.05, 4.69) is 22.2 Å². The number of hydrogen-bond acceptors (Lipinski definition) is 4. The Labute approximate surface area is 96.6 Å². The van der Waals surface area contributed by atoms with Gasteiger partial charge in [-0.3, -0.25) is 0 Å². The van der Waals surface area contributed by atoms with E-state index in [-0.39, 0.29) is 0 Å². The summed E-state index contributed by atoms with van der Waals surface area (Å²) in [6.45, 7) is 2.22. The first-order valence-corrected chi connectivity index (χ1v) is 5.77. The Hall–Kier alpha value is -1.29. The van der Waals surface area contributed by atoms with E-state index >= 15 is 0 Å². The van der Waals surface area contributed by atoms with E-state index in [1.54, 1.807) is 6.20 Å². The number of hydrogen-bond donors (Lipinski definition) is 1. The van der Waals surface area contributed by atoms with Crippen LogP contribution in [0.2, 0.25) is 0 Å². The summed E-state index contributed by atoms with van der Waals surface area (Å²) in [7, 11) is 4.05. The minimum absolute atomic E-state index is 0.316. The van der Waals surface area contributed by atoms with Gasteiger partial charge in [0.15, 0.2) is 0 Å². The van der Waals surface area contributed by atoms with Gasteiger partial charge in [0, 0.05) is 38.1 Å². The molecule has 0 spiro atoms. The summed E-state index contributed by atoms with van der Waals surface area (Å²) in [6, 6.07) is 3.87. The number of piperidine rings is 1. The van der Waals surface area contributed by atoms with Crippen molar-refractivity contribution in [3.05, 3.63) is 18.3 Å². The molecular weight excluding hydrogens is 202 g/mol. The minimum Gasteiger partial charge on any atom is -0.474 e. The molecule has 0 radical (unpaired) electrons. The van der Waals surface area contributed by atoms with Gasteiger partial charge in [-0.1, -0.05) is 0 Å². The summed E-state index contributed by atoms with van der Waals surface area (Å²) >= 11 is 0. The first kappa shape index (κ1) is 11.2. The standard InChI is InChI=1S/C12H19N3O/c1-13-10-3-6-14-12(9-10)16-11-4-7-15(2)8-5-11/h3,6,9,11H,4-5,7-8H2,1-2H3,(H,13,14). The molecule has 1 aromatic rings. The molecule has 0 saturated carbocycles. The second-order valence-electron chi connectivity index (χ2n) is 4.25. The number of nitrogens with one attached hydrogen (secondary N) is 1. The quantitative estimate of drug-likeness (QED) is 0.841. The normalized spacial score (nSPS) is 18.4. The van der Waals surface area contributed by atoms with E-state index in [1.807, 2.05) is 19.2 Å². The Morgan fingerprint density at radius 2 is 2.19 bits per heavy atom. The summed E-state index contributed by atoms with van der Waals surface area (Å²) in [5, 5.41) is 3.08. The SMILES string of the molecule is CNc1ccnc(OC2CCN(C)CC2)c1. The van der Waals surface area contributed by atoms with Crippen molar-refractivity contribution in [1.29, 1.82) is 0 Å². The molecule has 1 fully saturated rings. The van der Waals surface area contributed by atoms with Crippen molar-refractivity contribution < 1.29 is 4.74 Å². The molecule has 88 valence electrons. The number of pyridine rings is 1. The summed E-state index contributed by atoms with van der Waals surface area (Å²) in [5.41, 5.74) is 1.04. The lowest BCUT2D eigenvalue weighted by Gasteiger charge is -2.28. The highest BCUT2D eigenvalue weighted by molar-refractivity contribution is 5.44. The van der Waals surface area contributed by atoms with Crippen molar-refractivity contribution in [3.8, 4) is 5.88 Å². The molecule has 4 nitrogen and oxygen atoms in total. The van der Waals surface area contributed by atoms with Crippen molar-refractivity contribution in [2.75, 3.05) is 32.5 Å². The molecule has 0 aliphatic carbocycles. The van der Waals surface area contributed by atoms with Crippen LogP contribution in [0.4, 0.5) is 5.69 Å². The van der Waals surface area contributed by atoms with Crippen LogP contribution >= 0.6 is 0 Å². The van der Waals surface area contributed by atoms with Gasteiger partial charge in [0.25, 0.3) is 0 Å². The predicted octanol–water partition coefficient (Wildman–Crippen LogP) is 1.60. The number of ether oxygens (including phenoxy) is 1. The third kappa shape index (κ3) is 2.85. The Kier molecular flexibility index (Phi) is 3.62. The minimum atomic E-state index is 0.316. The fourth-order valence-electron chi connectivity index (χ4n) is 1.90. The molecule has 0 atom stereocenters. The van der Waals surface area contributed by atoms with Crippen molar-refractivity contribution >= 4 is 5.69 Å². The molecule has 2 heterocycles. The molecule has 0 bridgehead atoms. The Morgan fingerprint density at radius 1 is 1.44 bits per heavy atom. The van der Waals surface area contributed by atoms with Crippen LogP contribution in [0.25, 0.3) is 0 Å². The van der Waals surface area contributed by atoms with Gasteiger partial charge in [0.1, 0.15) is 6.10 Å². The summed E-state index contributed by atoms with van der Waals surface area (Å²) in [5.74, 6) is 0.724. The van der Waals surface area contributed by atoms with Crippen LogP contribution in [0, 0.1) is 0 Å². The lowest BCUT2D eigenvalue weighted by Crippen LogP contribution is -2.35. The number of rotatable bonds is 3. The van der Waals surface area contributed by atoms with Gasteiger partial charge >= 0.3 is 0 Å². The van der Waals surface area contributed by atoms with Gasteiger partial charge in [-0.2, -0.15) is 0 Å². The molecule has 1 saturated heterocycles. The van der Waals surface area contributed by atoms with Gasteiger partial charge in [0.05, 0.1) is 0 Å². The maximum absolute atomic E-state index is 5.87. The van der Waals surface area contributed by atoms with Crippen LogP contribution in [-0.4, -0.2) is 43.2 Å². The Morgan fingerprint density at radius 3 is 2.88 bits per heavy atom. The molecule has 1 aliphatic heterocycles. The highest BCUT2D eigenvalue weighted by Gasteiger charge is 2.18. The monoisotopic (exact) mass is 221 g/mol. The van der Waals surface area contributed by atoms with Crippen LogP contribution in [0.3, 0.4) is 0 Å². The molecule has 0 aromatic carbocycles. The van der Waals surface area contributed by atoms with E-state index in [4.69, 9.17) is 4.74 Å². The zero-order valence-electron chi connectivity index (χ0n) is 9.94. The average molecular weight is 221 g/mol. The van der Waals surface area contributed by atoms with Crippen molar-refractivity contribution in [1.82, 2.24) is 9.88 Å². The number of aromatic nitrogens is 1. The highest BCUT2D eigenvalue weighted by Crippen LogP contribution is 2.18. The van der Waals surface area contributed by atoms with Gasteiger partial charge in [-0.05, 0) is 26.0 Å². The van der Waals surface area contributed by atoms with E-state index in [0.29, 0.717) is 6.10 Å². The zero-order chi connectivity index (χ0) is 11.4. The van der Waals surface area contributed by atoms with Crippen LogP contribution in [-0.2, 0) is 0 Å². The molecule has 0 amide bonds.